The van der Waals surface area contributed by atoms with Crippen molar-refractivity contribution >= 4 is 34.0 Å². The summed E-state index contributed by atoms with van der Waals surface area (Å²) in [5.41, 5.74) is 1.52. The van der Waals surface area contributed by atoms with Crippen LogP contribution < -0.4 is 10.2 Å². The molecule has 0 aromatic carbocycles. The van der Waals surface area contributed by atoms with Crippen LogP contribution in [-0.2, 0) is 17.6 Å². The van der Waals surface area contributed by atoms with Crippen molar-refractivity contribution in [2.45, 2.75) is 33.1 Å². The van der Waals surface area contributed by atoms with Crippen LogP contribution in [0.1, 0.15) is 51.6 Å². The molecule has 0 bridgehead atoms. The summed E-state index contributed by atoms with van der Waals surface area (Å²) in [6, 6.07) is 5.32. The molecule has 2 aliphatic rings. The predicted octanol–water partition coefficient (Wildman–Crippen LogP) is 3.45. The monoisotopic (exact) mass is 415 g/mol. The Morgan fingerprint density at radius 2 is 2.03 bits per heavy atom. The minimum atomic E-state index is -0.993. The normalized spacial score (nSPS) is 18.2. The number of nitrogens with zero attached hydrogens (tertiary/aromatic N) is 2. The van der Waals surface area contributed by atoms with Crippen LogP contribution in [0.5, 0.6) is 0 Å². The number of morpholine rings is 1. The standard InChI is InChI=1S/C21H25N3O4S/c1-21(2)7-6-13-15(12-21)29-19(17(13)20(26)27)23-18(25)14-4-3-5-16(22-14)24-8-10-28-11-9-24/h3-5H,6-12H2,1-2H3,(H,23,25)(H,26,27). The first kappa shape index (κ1) is 19.8. The molecule has 1 aliphatic heterocycles. The number of hydrogen-bond donors (Lipinski definition) is 2. The van der Waals surface area contributed by atoms with Crippen LogP contribution >= 0.6 is 11.3 Å². The Morgan fingerprint density at radius 1 is 1.28 bits per heavy atom. The number of carbonyl (C=O) groups is 2. The van der Waals surface area contributed by atoms with Gasteiger partial charge in [-0.3, -0.25) is 4.79 Å². The van der Waals surface area contributed by atoms with Gasteiger partial charge in [0.25, 0.3) is 5.91 Å². The molecule has 8 heteroatoms. The van der Waals surface area contributed by atoms with Crippen LogP contribution in [0.2, 0.25) is 0 Å². The van der Waals surface area contributed by atoms with Gasteiger partial charge < -0.3 is 20.1 Å². The third-order valence-corrected chi connectivity index (χ3v) is 6.67. The van der Waals surface area contributed by atoms with Gasteiger partial charge in [-0.05, 0) is 42.4 Å². The van der Waals surface area contributed by atoms with Gasteiger partial charge in [0.05, 0.1) is 18.8 Å². The van der Waals surface area contributed by atoms with E-state index in [4.69, 9.17) is 4.74 Å². The number of aromatic carboxylic acids is 1. The van der Waals surface area contributed by atoms with E-state index in [0.717, 1.165) is 48.6 Å². The predicted molar refractivity (Wildman–Crippen MR) is 112 cm³/mol. The van der Waals surface area contributed by atoms with Crippen LogP contribution in [0, 0.1) is 5.41 Å². The van der Waals surface area contributed by atoms with Crippen molar-refractivity contribution < 1.29 is 19.4 Å². The fraction of sp³-hybridized carbons (Fsp3) is 0.476. The first-order valence-corrected chi connectivity index (χ1v) is 10.6. The van der Waals surface area contributed by atoms with E-state index in [9.17, 15) is 14.7 Å². The Kier molecular flexibility index (Phi) is 5.31. The first-order valence-electron chi connectivity index (χ1n) is 9.83. The number of hydrogen-bond acceptors (Lipinski definition) is 6. The van der Waals surface area contributed by atoms with E-state index in [1.165, 1.54) is 11.3 Å². The molecule has 4 rings (SSSR count). The van der Waals surface area contributed by atoms with Gasteiger partial charge in [-0.15, -0.1) is 11.3 Å². The maximum absolute atomic E-state index is 12.9. The number of thiophene rings is 1. The molecule has 29 heavy (non-hydrogen) atoms. The SMILES string of the molecule is CC1(C)CCc2c(sc(NC(=O)c3cccc(N4CCOCC4)n3)c2C(=O)O)C1. The van der Waals surface area contributed by atoms with Crippen LogP contribution in [-0.4, -0.2) is 48.3 Å². The molecule has 1 fully saturated rings. The van der Waals surface area contributed by atoms with Gasteiger partial charge in [0.2, 0.25) is 0 Å². The number of pyridine rings is 1. The third kappa shape index (κ3) is 4.13. The summed E-state index contributed by atoms with van der Waals surface area (Å²) in [7, 11) is 0. The van der Waals surface area contributed by atoms with Crippen molar-refractivity contribution in [1.29, 1.82) is 0 Å². The number of carboxylic acid groups (broad SMARTS) is 1. The van der Waals surface area contributed by atoms with Crippen LogP contribution in [0.15, 0.2) is 18.2 Å². The Balaban J connectivity index is 1.59. The minimum Gasteiger partial charge on any atom is -0.478 e. The van der Waals surface area contributed by atoms with Gasteiger partial charge >= 0.3 is 5.97 Å². The van der Waals surface area contributed by atoms with Gasteiger partial charge in [-0.1, -0.05) is 19.9 Å². The Hall–Kier alpha value is -2.45. The molecule has 1 saturated heterocycles. The number of ether oxygens (including phenoxy) is 1. The third-order valence-electron chi connectivity index (χ3n) is 5.52. The van der Waals surface area contributed by atoms with E-state index in [2.05, 4.69) is 29.0 Å². The second-order valence-corrected chi connectivity index (χ2v) is 9.39. The number of rotatable bonds is 4. The van der Waals surface area contributed by atoms with E-state index in [0.29, 0.717) is 18.2 Å². The molecule has 2 aromatic heterocycles. The number of fused-ring (bicyclic) bond motifs is 1. The Morgan fingerprint density at radius 3 is 2.76 bits per heavy atom. The second-order valence-electron chi connectivity index (χ2n) is 8.29. The maximum atomic E-state index is 12.9. The van der Waals surface area contributed by atoms with Gasteiger partial charge in [-0.2, -0.15) is 0 Å². The molecule has 1 aliphatic carbocycles. The number of carbonyl (C=O) groups excluding carboxylic acids is 1. The minimum absolute atomic E-state index is 0.142. The lowest BCUT2D eigenvalue weighted by Crippen LogP contribution is -2.37. The van der Waals surface area contributed by atoms with Crippen molar-refractivity contribution in [3.63, 3.8) is 0 Å². The summed E-state index contributed by atoms with van der Waals surface area (Å²) in [5, 5.41) is 13.0. The van der Waals surface area contributed by atoms with E-state index in [-0.39, 0.29) is 22.6 Å². The smallest absolute Gasteiger partial charge is 0.339 e. The van der Waals surface area contributed by atoms with Crippen LogP contribution in [0.4, 0.5) is 10.8 Å². The average Bonchev–Trinajstić information content (AvgIpc) is 3.04. The molecule has 0 atom stereocenters. The molecule has 0 spiro atoms. The lowest BCUT2D eigenvalue weighted by Gasteiger charge is -2.29. The number of carboxylic acids is 1. The van der Waals surface area contributed by atoms with Crippen molar-refractivity contribution in [3.8, 4) is 0 Å². The van der Waals surface area contributed by atoms with E-state index < -0.39 is 5.97 Å². The molecule has 0 saturated carbocycles. The molecule has 1 amide bonds. The zero-order chi connectivity index (χ0) is 20.6. The highest BCUT2D eigenvalue weighted by Crippen LogP contribution is 2.43. The van der Waals surface area contributed by atoms with Gasteiger partial charge in [0, 0.05) is 18.0 Å². The Labute approximate surface area is 173 Å². The zero-order valence-corrected chi connectivity index (χ0v) is 17.5. The average molecular weight is 416 g/mol. The van der Waals surface area contributed by atoms with E-state index >= 15 is 0 Å². The summed E-state index contributed by atoms with van der Waals surface area (Å²) < 4.78 is 5.36. The molecule has 7 nitrogen and oxygen atoms in total. The van der Waals surface area contributed by atoms with Gasteiger partial charge in [0.1, 0.15) is 16.5 Å². The quantitative estimate of drug-likeness (QED) is 0.795. The highest BCUT2D eigenvalue weighted by molar-refractivity contribution is 7.17. The number of anilines is 2. The fourth-order valence-electron chi connectivity index (χ4n) is 3.91. The molecular formula is C21H25N3O4S. The number of nitrogens with one attached hydrogen (secondary N) is 1. The molecule has 2 aromatic rings. The molecular weight excluding hydrogens is 390 g/mol. The molecule has 2 N–H and O–H groups in total. The topological polar surface area (TPSA) is 91.8 Å². The highest BCUT2D eigenvalue weighted by Gasteiger charge is 2.33. The molecule has 0 unspecified atom stereocenters. The van der Waals surface area contributed by atoms with E-state index in [1.807, 2.05) is 6.07 Å². The lowest BCUT2D eigenvalue weighted by atomic mass is 9.77. The molecule has 0 radical (unpaired) electrons. The fourth-order valence-corrected chi connectivity index (χ4v) is 5.40. The van der Waals surface area contributed by atoms with Gasteiger partial charge in [-0.25, -0.2) is 9.78 Å². The number of aromatic nitrogens is 1. The van der Waals surface area contributed by atoms with Gasteiger partial charge in [0.15, 0.2) is 0 Å². The highest BCUT2D eigenvalue weighted by atomic mass is 32.1. The zero-order valence-electron chi connectivity index (χ0n) is 16.7. The van der Waals surface area contributed by atoms with Crippen LogP contribution in [0.25, 0.3) is 0 Å². The second kappa shape index (κ2) is 7.76. The lowest BCUT2D eigenvalue weighted by molar-refractivity contribution is 0.0696. The largest absolute Gasteiger partial charge is 0.478 e. The van der Waals surface area contributed by atoms with Crippen molar-refractivity contribution in [3.05, 3.63) is 39.9 Å². The van der Waals surface area contributed by atoms with E-state index in [1.54, 1.807) is 12.1 Å². The Bertz CT molecular complexity index is 947. The summed E-state index contributed by atoms with van der Waals surface area (Å²) in [6.45, 7) is 7.11. The molecule has 154 valence electrons. The summed E-state index contributed by atoms with van der Waals surface area (Å²) in [4.78, 5) is 32.4. The number of amides is 1. The summed E-state index contributed by atoms with van der Waals surface area (Å²) >= 11 is 1.38. The van der Waals surface area contributed by atoms with Crippen molar-refractivity contribution in [2.75, 3.05) is 36.5 Å². The molecule has 3 heterocycles. The summed E-state index contributed by atoms with van der Waals surface area (Å²) in [5.74, 6) is -0.653. The van der Waals surface area contributed by atoms with Crippen molar-refractivity contribution in [2.24, 2.45) is 5.41 Å². The van der Waals surface area contributed by atoms with Crippen molar-refractivity contribution in [1.82, 2.24) is 4.98 Å². The van der Waals surface area contributed by atoms with Crippen LogP contribution in [0.3, 0.4) is 0 Å². The maximum Gasteiger partial charge on any atom is 0.339 e. The summed E-state index contributed by atoms with van der Waals surface area (Å²) in [6.07, 6.45) is 2.49. The first-order chi connectivity index (χ1) is 13.8.